The molecular formula is C13H19NO3. The first kappa shape index (κ1) is 12.2. The van der Waals surface area contributed by atoms with Gasteiger partial charge in [-0.1, -0.05) is 6.07 Å². The van der Waals surface area contributed by atoms with Crippen LogP contribution in [0.1, 0.15) is 12.0 Å². The van der Waals surface area contributed by atoms with Crippen molar-refractivity contribution in [2.75, 3.05) is 26.8 Å². The van der Waals surface area contributed by atoms with Gasteiger partial charge in [-0.2, -0.15) is 0 Å². The number of benzene rings is 1. The largest absolute Gasteiger partial charge is 0.493 e. The number of rotatable bonds is 6. The fourth-order valence-corrected chi connectivity index (χ4v) is 1.82. The monoisotopic (exact) mass is 237 g/mol. The lowest BCUT2D eigenvalue weighted by molar-refractivity contribution is 0.230. The van der Waals surface area contributed by atoms with Gasteiger partial charge in [0, 0.05) is 0 Å². The summed E-state index contributed by atoms with van der Waals surface area (Å²) in [5, 5.41) is 12.3. The van der Waals surface area contributed by atoms with Crippen LogP contribution in [0.3, 0.4) is 0 Å². The van der Waals surface area contributed by atoms with E-state index in [9.17, 15) is 0 Å². The Kier molecular flexibility index (Phi) is 4.23. The number of methoxy groups -OCH3 is 1. The summed E-state index contributed by atoms with van der Waals surface area (Å²) in [6.45, 7) is 2.93. The Balaban J connectivity index is 1.89. The summed E-state index contributed by atoms with van der Waals surface area (Å²) < 4.78 is 10.9. The SMILES string of the molecule is COc1cc(CO)ccc1OCCC1CNC1. The molecule has 0 saturated carbocycles. The van der Waals surface area contributed by atoms with Crippen LogP contribution >= 0.6 is 0 Å². The first-order valence-electron chi connectivity index (χ1n) is 5.94. The van der Waals surface area contributed by atoms with Crippen LogP contribution in [0.4, 0.5) is 0 Å². The molecule has 94 valence electrons. The molecule has 4 heteroatoms. The van der Waals surface area contributed by atoms with Crippen molar-refractivity contribution in [1.82, 2.24) is 5.32 Å². The van der Waals surface area contributed by atoms with Gasteiger partial charge < -0.3 is 19.9 Å². The van der Waals surface area contributed by atoms with Crippen molar-refractivity contribution >= 4 is 0 Å². The second-order valence-electron chi connectivity index (χ2n) is 4.30. The normalized spacial score (nSPS) is 15.4. The van der Waals surface area contributed by atoms with Crippen molar-refractivity contribution in [3.05, 3.63) is 23.8 Å². The molecule has 0 spiro atoms. The van der Waals surface area contributed by atoms with Gasteiger partial charge in [0.15, 0.2) is 11.5 Å². The lowest BCUT2D eigenvalue weighted by Gasteiger charge is -2.26. The zero-order chi connectivity index (χ0) is 12.1. The lowest BCUT2D eigenvalue weighted by Crippen LogP contribution is -2.42. The van der Waals surface area contributed by atoms with Crippen LogP contribution in [0.15, 0.2) is 18.2 Å². The zero-order valence-corrected chi connectivity index (χ0v) is 10.1. The van der Waals surface area contributed by atoms with Crippen molar-refractivity contribution in [2.24, 2.45) is 5.92 Å². The molecule has 0 atom stereocenters. The number of hydrogen-bond donors (Lipinski definition) is 2. The number of hydrogen-bond acceptors (Lipinski definition) is 4. The second kappa shape index (κ2) is 5.89. The number of ether oxygens (including phenoxy) is 2. The minimum Gasteiger partial charge on any atom is -0.493 e. The van der Waals surface area contributed by atoms with Gasteiger partial charge in [0.1, 0.15) is 0 Å². The summed E-state index contributed by atoms with van der Waals surface area (Å²) in [4.78, 5) is 0. The molecule has 1 saturated heterocycles. The average molecular weight is 237 g/mol. The third-order valence-corrected chi connectivity index (χ3v) is 3.06. The topological polar surface area (TPSA) is 50.7 Å². The second-order valence-corrected chi connectivity index (χ2v) is 4.30. The minimum absolute atomic E-state index is 0.0182. The van der Waals surface area contributed by atoms with E-state index in [0.717, 1.165) is 36.7 Å². The van der Waals surface area contributed by atoms with Gasteiger partial charge in [0.05, 0.1) is 20.3 Å². The third-order valence-electron chi connectivity index (χ3n) is 3.06. The first-order valence-corrected chi connectivity index (χ1v) is 5.94. The Bertz CT molecular complexity index is 364. The molecule has 0 amide bonds. The fraction of sp³-hybridized carbons (Fsp3) is 0.538. The van der Waals surface area contributed by atoms with Crippen LogP contribution < -0.4 is 14.8 Å². The van der Waals surface area contributed by atoms with E-state index in [0.29, 0.717) is 12.4 Å². The molecule has 17 heavy (non-hydrogen) atoms. The van der Waals surface area contributed by atoms with Crippen molar-refractivity contribution in [2.45, 2.75) is 13.0 Å². The fourth-order valence-electron chi connectivity index (χ4n) is 1.82. The molecule has 0 radical (unpaired) electrons. The summed E-state index contributed by atoms with van der Waals surface area (Å²) in [7, 11) is 1.61. The van der Waals surface area contributed by atoms with Gasteiger partial charge in [-0.15, -0.1) is 0 Å². The van der Waals surface area contributed by atoms with E-state index in [-0.39, 0.29) is 6.61 Å². The summed E-state index contributed by atoms with van der Waals surface area (Å²) >= 11 is 0. The summed E-state index contributed by atoms with van der Waals surface area (Å²) in [5.74, 6) is 2.18. The quantitative estimate of drug-likeness (QED) is 0.780. The van der Waals surface area contributed by atoms with E-state index in [1.807, 2.05) is 12.1 Å². The van der Waals surface area contributed by atoms with E-state index < -0.39 is 0 Å². The number of aliphatic hydroxyl groups is 1. The molecule has 1 aromatic rings. The van der Waals surface area contributed by atoms with Crippen LogP contribution in [0.5, 0.6) is 11.5 Å². The van der Waals surface area contributed by atoms with Gasteiger partial charge in [-0.05, 0) is 43.1 Å². The Morgan fingerprint density at radius 2 is 2.18 bits per heavy atom. The zero-order valence-electron chi connectivity index (χ0n) is 10.1. The van der Waals surface area contributed by atoms with E-state index in [1.165, 1.54) is 0 Å². The molecular weight excluding hydrogens is 218 g/mol. The Labute approximate surface area is 102 Å². The average Bonchev–Trinajstić information content (AvgIpc) is 2.32. The smallest absolute Gasteiger partial charge is 0.161 e. The maximum Gasteiger partial charge on any atom is 0.161 e. The minimum atomic E-state index is 0.0182. The molecule has 2 N–H and O–H groups in total. The van der Waals surface area contributed by atoms with Crippen LogP contribution in [0, 0.1) is 5.92 Å². The third kappa shape index (κ3) is 3.11. The predicted octanol–water partition coefficient (Wildman–Crippen LogP) is 1.18. The molecule has 0 bridgehead atoms. The summed E-state index contributed by atoms with van der Waals surface area (Å²) in [5.41, 5.74) is 0.831. The predicted molar refractivity (Wildman–Crippen MR) is 65.4 cm³/mol. The Morgan fingerprint density at radius 1 is 1.35 bits per heavy atom. The highest BCUT2D eigenvalue weighted by atomic mass is 16.5. The van der Waals surface area contributed by atoms with E-state index in [2.05, 4.69) is 5.32 Å². The van der Waals surface area contributed by atoms with E-state index >= 15 is 0 Å². The van der Waals surface area contributed by atoms with E-state index in [4.69, 9.17) is 14.6 Å². The summed E-state index contributed by atoms with van der Waals surface area (Å²) in [6, 6.07) is 5.51. The number of nitrogens with one attached hydrogen (secondary N) is 1. The molecule has 2 rings (SSSR count). The van der Waals surface area contributed by atoms with Crippen molar-refractivity contribution < 1.29 is 14.6 Å². The molecule has 0 aromatic heterocycles. The Hall–Kier alpha value is -1.26. The molecule has 1 heterocycles. The highest BCUT2D eigenvalue weighted by Crippen LogP contribution is 2.28. The van der Waals surface area contributed by atoms with Crippen molar-refractivity contribution in [3.63, 3.8) is 0 Å². The highest BCUT2D eigenvalue weighted by molar-refractivity contribution is 5.42. The molecule has 0 aliphatic carbocycles. The Morgan fingerprint density at radius 3 is 2.76 bits per heavy atom. The van der Waals surface area contributed by atoms with Crippen LogP contribution in [0.25, 0.3) is 0 Å². The van der Waals surface area contributed by atoms with Gasteiger partial charge >= 0.3 is 0 Å². The molecule has 1 fully saturated rings. The van der Waals surface area contributed by atoms with Crippen molar-refractivity contribution in [1.29, 1.82) is 0 Å². The lowest BCUT2D eigenvalue weighted by atomic mass is 10.0. The maximum atomic E-state index is 9.03. The molecule has 1 aliphatic heterocycles. The number of aliphatic hydroxyl groups excluding tert-OH is 1. The van der Waals surface area contributed by atoms with Crippen LogP contribution in [-0.2, 0) is 6.61 Å². The van der Waals surface area contributed by atoms with Gasteiger partial charge in [-0.3, -0.25) is 0 Å². The van der Waals surface area contributed by atoms with Gasteiger partial charge in [0.2, 0.25) is 0 Å². The van der Waals surface area contributed by atoms with Crippen LogP contribution in [-0.4, -0.2) is 31.9 Å². The highest BCUT2D eigenvalue weighted by Gasteiger charge is 2.16. The summed E-state index contributed by atoms with van der Waals surface area (Å²) in [6.07, 6.45) is 1.07. The molecule has 4 nitrogen and oxygen atoms in total. The van der Waals surface area contributed by atoms with Crippen LogP contribution in [0.2, 0.25) is 0 Å². The van der Waals surface area contributed by atoms with Crippen molar-refractivity contribution in [3.8, 4) is 11.5 Å². The van der Waals surface area contributed by atoms with Gasteiger partial charge in [-0.25, -0.2) is 0 Å². The standard InChI is InChI=1S/C13H19NO3/c1-16-13-6-10(9-15)2-3-12(13)17-5-4-11-7-14-8-11/h2-3,6,11,14-15H,4-5,7-9H2,1H3. The maximum absolute atomic E-state index is 9.03. The van der Waals surface area contributed by atoms with E-state index in [1.54, 1.807) is 13.2 Å². The molecule has 0 unspecified atom stereocenters. The first-order chi connectivity index (χ1) is 8.33. The van der Waals surface area contributed by atoms with Gasteiger partial charge in [0.25, 0.3) is 0 Å². The molecule has 1 aromatic carbocycles. The molecule has 1 aliphatic rings.